The number of ether oxygens (including phenoxy) is 1. The highest BCUT2D eigenvalue weighted by Gasteiger charge is 2.24. The van der Waals surface area contributed by atoms with Crippen molar-refractivity contribution in [1.82, 2.24) is 20.0 Å². The third-order valence-corrected chi connectivity index (χ3v) is 4.33. The van der Waals surface area contributed by atoms with Crippen molar-refractivity contribution in [3.63, 3.8) is 0 Å². The zero-order valence-corrected chi connectivity index (χ0v) is 14.6. The second-order valence-electron chi connectivity index (χ2n) is 6.01. The Labute approximate surface area is 145 Å². The molecule has 0 saturated carbocycles. The molecule has 0 bridgehead atoms. The molecule has 0 radical (unpaired) electrons. The summed E-state index contributed by atoms with van der Waals surface area (Å²) in [5, 5.41) is 14.1. The number of hydrogen-bond acceptors (Lipinski definition) is 5. The average Bonchev–Trinajstić information content (AvgIpc) is 3.12. The largest absolute Gasteiger partial charge is 0.462 e. The maximum Gasteiger partial charge on any atom is 0.343 e. The lowest BCUT2D eigenvalue weighted by Gasteiger charge is -2.05. The number of hydrogen-bond donors (Lipinski definition) is 2. The Hall–Kier alpha value is -2.64. The minimum atomic E-state index is -0.502. The molecule has 0 aliphatic heterocycles. The molecule has 2 aromatic rings. The number of rotatable bonds is 5. The lowest BCUT2D eigenvalue weighted by molar-refractivity contribution is 0.0527. The Morgan fingerprint density at radius 3 is 2.84 bits per heavy atom. The van der Waals surface area contributed by atoms with Crippen LogP contribution < -0.4 is 5.32 Å². The summed E-state index contributed by atoms with van der Waals surface area (Å²) in [4.78, 5) is 24.8. The predicted octanol–water partition coefficient (Wildman–Crippen LogP) is 2.32. The molecule has 8 heteroatoms. The van der Waals surface area contributed by atoms with Crippen molar-refractivity contribution in [1.29, 1.82) is 0 Å². The van der Waals surface area contributed by atoms with E-state index in [4.69, 9.17) is 4.74 Å². The molecule has 8 nitrogen and oxygen atoms in total. The van der Waals surface area contributed by atoms with Gasteiger partial charge in [-0.3, -0.25) is 14.6 Å². The normalized spacial score (nSPS) is 13.8. The highest BCUT2D eigenvalue weighted by Crippen LogP contribution is 2.23. The van der Waals surface area contributed by atoms with Crippen LogP contribution in [0.1, 0.15) is 65.2 Å². The molecular weight excluding hydrogens is 322 g/mol. The van der Waals surface area contributed by atoms with Gasteiger partial charge in [0.2, 0.25) is 0 Å². The van der Waals surface area contributed by atoms with E-state index in [9.17, 15) is 9.59 Å². The molecule has 2 heterocycles. The Morgan fingerprint density at radius 1 is 1.28 bits per heavy atom. The predicted molar refractivity (Wildman–Crippen MR) is 91.7 cm³/mol. The van der Waals surface area contributed by atoms with Gasteiger partial charge in [-0.1, -0.05) is 6.42 Å². The van der Waals surface area contributed by atoms with Gasteiger partial charge in [0.15, 0.2) is 11.5 Å². The molecule has 0 unspecified atom stereocenters. The maximum atomic E-state index is 12.7. The number of nitrogens with one attached hydrogen (secondary N) is 2. The summed E-state index contributed by atoms with van der Waals surface area (Å²) in [5.41, 5.74) is 2.64. The number of nitrogens with zero attached hydrogens (tertiary/aromatic N) is 3. The molecule has 134 valence electrons. The first-order valence-electron chi connectivity index (χ1n) is 8.76. The van der Waals surface area contributed by atoms with Crippen molar-refractivity contribution < 1.29 is 14.3 Å². The van der Waals surface area contributed by atoms with E-state index in [1.807, 2.05) is 6.92 Å². The van der Waals surface area contributed by atoms with Gasteiger partial charge in [0, 0.05) is 24.0 Å². The maximum absolute atomic E-state index is 12.7. The van der Waals surface area contributed by atoms with E-state index in [0.29, 0.717) is 12.2 Å². The standard InChI is InChI=1S/C17H23N5O3/c1-3-22-10-12(17(24)25-4-2)15(21-22)18-16(23)14-11-8-6-5-7-9-13(11)19-20-14/h10H,3-9H2,1-2H3,(H,19,20)(H,18,21,23). The third kappa shape index (κ3) is 3.57. The third-order valence-electron chi connectivity index (χ3n) is 4.33. The zero-order chi connectivity index (χ0) is 17.8. The van der Waals surface area contributed by atoms with E-state index in [0.717, 1.165) is 43.4 Å². The van der Waals surface area contributed by atoms with Crippen LogP contribution in [-0.4, -0.2) is 38.5 Å². The number of carbonyl (C=O) groups is 2. The Morgan fingerprint density at radius 2 is 2.08 bits per heavy atom. The Balaban J connectivity index is 1.85. The van der Waals surface area contributed by atoms with E-state index in [1.165, 1.54) is 0 Å². The molecule has 1 aliphatic carbocycles. The van der Waals surface area contributed by atoms with Crippen molar-refractivity contribution in [3.8, 4) is 0 Å². The lowest BCUT2D eigenvalue weighted by Crippen LogP contribution is -2.17. The monoisotopic (exact) mass is 345 g/mol. The number of H-pyrrole nitrogens is 1. The SMILES string of the molecule is CCOC(=O)c1cn(CC)nc1NC(=O)c1n[nH]c2c1CCCCC2. The molecule has 2 aromatic heterocycles. The molecule has 2 N–H and O–H groups in total. The topological polar surface area (TPSA) is 102 Å². The fourth-order valence-electron chi connectivity index (χ4n) is 3.05. The minimum Gasteiger partial charge on any atom is -0.462 e. The summed E-state index contributed by atoms with van der Waals surface area (Å²) in [5.74, 6) is -0.652. The number of esters is 1. The summed E-state index contributed by atoms with van der Waals surface area (Å²) in [7, 11) is 0. The van der Waals surface area contributed by atoms with Gasteiger partial charge in [-0.2, -0.15) is 10.2 Å². The fraction of sp³-hybridized carbons (Fsp3) is 0.529. The van der Waals surface area contributed by atoms with Crippen LogP contribution in [0, 0.1) is 0 Å². The molecule has 0 aromatic carbocycles. The summed E-state index contributed by atoms with van der Waals surface area (Å²) >= 11 is 0. The summed E-state index contributed by atoms with van der Waals surface area (Å²) < 4.78 is 6.63. The number of aromatic amines is 1. The fourth-order valence-corrected chi connectivity index (χ4v) is 3.05. The van der Waals surface area contributed by atoms with Gasteiger partial charge in [-0.15, -0.1) is 0 Å². The van der Waals surface area contributed by atoms with Crippen LogP contribution in [-0.2, 0) is 24.1 Å². The number of fused-ring (bicyclic) bond motifs is 1. The quantitative estimate of drug-likeness (QED) is 0.639. The number of anilines is 1. The zero-order valence-electron chi connectivity index (χ0n) is 14.6. The second-order valence-corrected chi connectivity index (χ2v) is 6.01. The van der Waals surface area contributed by atoms with E-state index in [-0.39, 0.29) is 23.9 Å². The molecule has 0 fully saturated rings. The van der Waals surface area contributed by atoms with Gasteiger partial charge in [-0.25, -0.2) is 4.79 Å². The molecule has 25 heavy (non-hydrogen) atoms. The van der Waals surface area contributed by atoms with Gasteiger partial charge in [0.05, 0.1) is 6.61 Å². The first kappa shape index (κ1) is 17.2. The van der Waals surface area contributed by atoms with Gasteiger partial charge >= 0.3 is 5.97 Å². The Bertz CT molecular complexity index is 777. The second kappa shape index (κ2) is 7.50. The highest BCUT2D eigenvalue weighted by atomic mass is 16.5. The van der Waals surface area contributed by atoms with Gasteiger partial charge in [0.1, 0.15) is 5.56 Å². The first-order valence-corrected chi connectivity index (χ1v) is 8.76. The van der Waals surface area contributed by atoms with Gasteiger partial charge in [-0.05, 0) is 39.5 Å². The van der Waals surface area contributed by atoms with Crippen molar-refractivity contribution in [2.24, 2.45) is 0 Å². The van der Waals surface area contributed by atoms with Crippen LogP contribution in [0.15, 0.2) is 6.20 Å². The van der Waals surface area contributed by atoms with Crippen molar-refractivity contribution in [3.05, 3.63) is 28.7 Å². The van der Waals surface area contributed by atoms with Gasteiger partial charge < -0.3 is 10.1 Å². The smallest absolute Gasteiger partial charge is 0.343 e. The van der Waals surface area contributed by atoms with Crippen LogP contribution in [0.2, 0.25) is 0 Å². The van der Waals surface area contributed by atoms with E-state index < -0.39 is 5.97 Å². The molecule has 0 spiro atoms. The number of aromatic nitrogens is 4. The molecule has 0 atom stereocenters. The van der Waals surface area contributed by atoms with Crippen LogP contribution in [0.25, 0.3) is 0 Å². The average molecular weight is 345 g/mol. The number of carbonyl (C=O) groups excluding carboxylic acids is 2. The molecule has 3 rings (SSSR count). The first-order chi connectivity index (χ1) is 12.1. The van der Waals surface area contributed by atoms with E-state index in [1.54, 1.807) is 17.8 Å². The minimum absolute atomic E-state index is 0.204. The van der Waals surface area contributed by atoms with Crippen molar-refractivity contribution in [2.75, 3.05) is 11.9 Å². The lowest BCUT2D eigenvalue weighted by atomic mass is 10.1. The van der Waals surface area contributed by atoms with Crippen molar-refractivity contribution >= 4 is 17.7 Å². The van der Waals surface area contributed by atoms with Gasteiger partial charge in [0.25, 0.3) is 5.91 Å². The van der Waals surface area contributed by atoms with Crippen LogP contribution in [0.3, 0.4) is 0 Å². The van der Waals surface area contributed by atoms with Crippen LogP contribution >= 0.6 is 0 Å². The van der Waals surface area contributed by atoms with Crippen LogP contribution in [0.4, 0.5) is 5.82 Å². The molecule has 1 aliphatic rings. The molecule has 0 saturated heterocycles. The summed E-state index contributed by atoms with van der Waals surface area (Å²) in [6, 6.07) is 0. The van der Waals surface area contributed by atoms with E-state index in [2.05, 4.69) is 20.6 Å². The Kier molecular flexibility index (Phi) is 5.16. The molecular formula is C17H23N5O3. The highest BCUT2D eigenvalue weighted by molar-refractivity contribution is 6.07. The van der Waals surface area contributed by atoms with Crippen LogP contribution in [0.5, 0.6) is 0 Å². The van der Waals surface area contributed by atoms with Crippen molar-refractivity contribution in [2.45, 2.75) is 52.5 Å². The van der Waals surface area contributed by atoms with E-state index >= 15 is 0 Å². The molecule has 1 amide bonds. The summed E-state index contributed by atoms with van der Waals surface area (Å²) in [6.45, 7) is 4.48. The summed E-state index contributed by atoms with van der Waals surface area (Å²) in [6.07, 6.45) is 6.63. The number of amides is 1. The number of aryl methyl sites for hydroxylation is 2.